The van der Waals surface area contributed by atoms with Gasteiger partial charge in [-0.25, -0.2) is 4.98 Å². The van der Waals surface area contributed by atoms with Crippen molar-refractivity contribution in [1.29, 1.82) is 0 Å². The van der Waals surface area contributed by atoms with E-state index in [0.29, 0.717) is 18.3 Å². The van der Waals surface area contributed by atoms with Crippen LogP contribution in [0, 0.1) is 0 Å². The Morgan fingerprint density at radius 1 is 1.24 bits per heavy atom. The van der Waals surface area contributed by atoms with Crippen molar-refractivity contribution in [2.24, 2.45) is 0 Å². The lowest BCUT2D eigenvalue weighted by atomic mass is 9.99. The molecule has 4 nitrogen and oxygen atoms in total. The maximum absolute atomic E-state index is 12.7. The van der Waals surface area contributed by atoms with Crippen molar-refractivity contribution in [2.75, 3.05) is 11.9 Å². The Kier molecular flexibility index (Phi) is 5.92. The zero-order chi connectivity index (χ0) is 17.6. The number of nitrogens with zero attached hydrogens (tertiary/aromatic N) is 2. The first-order chi connectivity index (χ1) is 12.2. The molecule has 0 saturated carbocycles. The fraction of sp³-hybridized carbons (Fsp3) is 0.400. The van der Waals surface area contributed by atoms with Gasteiger partial charge in [0.2, 0.25) is 0 Å². The molecule has 2 aromatic rings. The van der Waals surface area contributed by atoms with Crippen molar-refractivity contribution in [2.45, 2.75) is 45.2 Å². The van der Waals surface area contributed by atoms with Crippen LogP contribution in [0.1, 0.15) is 48.7 Å². The average Bonchev–Trinajstić information content (AvgIpc) is 2.67. The summed E-state index contributed by atoms with van der Waals surface area (Å²) in [6.45, 7) is 3.68. The Bertz CT molecular complexity index is 700. The first kappa shape index (κ1) is 17.7. The van der Waals surface area contributed by atoms with E-state index in [0.717, 1.165) is 42.1 Å². The molecule has 1 aliphatic rings. The molecule has 0 radical (unpaired) electrons. The molecule has 132 valence electrons. The van der Waals surface area contributed by atoms with Crippen LogP contribution in [0.25, 0.3) is 0 Å². The quantitative estimate of drug-likeness (QED) is 0.839. The zero-order valence-electron chi connectivity index (χ0n) is 14.5. The minimum absolute atomic E-state index is 0.0517. The van der Waals surface area contributed by atoms with E-state index in [1.54, 1.807) is 6.20 Å². The SMILES string of the molecule is CCC1CCCCN1C(=O)c1ccc(NCc2ccc(Cl)cc2)cn1. The summed E-state index contributed by atoms with van der Waals surface area (Å²) in [5, 5.41) is 4.05. The van der Waals surface area contributed by atoms with Gasteiger partial charge in [0, 0.05) is 24.2 Å². The molecule has 2 heterocycles. The summed E-state index contributed by atoms with van der Waals surface area (Å²) in [7, 11) is 0. The molecule has 1 N–H and O–H groups in total. The summed E-state index contributed by atoms with van der Waals surface area (Å²) in [5.41, 5.74) is 2.57. The van der Waals surface area contributed by atoms with E-state index >= 15 is 0 Å². The van der Waals surface area contributed by atoms with E-state index < -0.39 is 0 Å². The molecule has 1 amide bonds. The lowest BCUT2D eigenvalue weighted by Gasteiger charge is -2.35. The lowest BCUT2D eigenvalue weighted by molar-refractivity contribution is 0.0602. The van der Waals surface area contributed by atoms with Crippen LogP contribution in [-0.4, -0.2) is 28.4 Å². The number of hydrogen-bond acceptors (Lipinski definition) is 3. The van der Waals surface area contributed by atoms with Crippen molar-refractivity contribution < 1.29 is 4.79 Å². The third kappa shape index (κ3) is 4.51. The summed E-state index contributed by atoms with van der Waals surface area (Å²) < 4.78 is 0. The minimum atomic E-state index is 0.0517. The second-order valence-electron chi connectivity index (χ2n) is 6.47. The smallest absolute Gasteiger partial charge is 0.272 e. The molecule has 1 aliphatic heterocycles. The van der Waals surface area contributed by atoms with Gasteiger partial charge in [-0.1, -0.05) is 30.7 Å². The number of pyridine rings is 1. The molecule has 25 heavy (non-hydrogen) atoms. The van der Waals surface area contributed by atoms with Gasteiger partial charge >= 0.3 is 0 Å². The Morgan fingerprint density at radius 3 is 2.72 bits per heavy atom. The fourth-order valence-electron chi connectivity index (χ4n) is 3.27. The van der Waals surface area contributed by atoms with E-state index in [1.807, 2.05) is 41.3 Å². The number of benzene rings is 1. The number of likely N-dealkylation sites (tertiary alicyclic amines) is 1. The Morgan fingerprint density at radius 2 is 2.04 bits per heavy atom. The Labute approximate surface area is 154 Å². The Balaban J connectivity index is 1.61. The maximum Gasteiger partial charge on any atom is 0.272 e. The number of aromatic nitrogens is 1. The van der Waals surface area contributed by atoms with E-state index in [1.165, 1.54) is 6.42 Å². The molecule has 1 unspecified atom stereocenters. The third-order valence-corrected chi connectivity index (χ3v) is 5.00. The largest absolute Gasteiger partial charge is 0.380 e. The van der Waals surface area contributed by atoms with Crippen molar-refractivity contribution in [1.82, 2.24) is 9.88 Å². The van der Waals surface area contributed by atoms with Crippen LogP contribution < -0.4 is 5.32 Å². The first-order valence-electron chi connectivity index (χ1n) is 8.92. The van der Waals surface area contributed by atoms with Crippen LogP contribution in [0.5, 0.6) is 0 Å². The number of nitrogens with one attached hydrogen (secondary N) is 1. The van der Waals surface area contributed by atoms with Crippen LogP contribution in [0.15, 0.2) is 42.6 Å². The van der Waals surface area contributed by atoms with Gasteiger partial charge in [-0.15, -0.1) is 0 Å². The normalized spacial score (nSPS) is 17.4. The minimum Gasteiger partial charge on any atom is -0.380 e. The zero-order valence-corrected chi connectivity index (χ0v) is 15.3. The van der Waals surface area contributed by atoms with Crippen molar-refractivity contribution in [3.8, 4) is 0 Å². The van der Waals surface area contributed by atoms with Gasteiger partial charge in [0.25, 0.3) is 5.91 Å². The number of piperidine rings is 1. The molecule has 0 bridgehead atoms. The van der Waals surface area contributed by atoms with E-state index in [2.05, 4.69) is 17.2 Å². The van der Waals surface area contributed by atoms with Crippen LogP contribution in [0.4, 0.5) is 5.69 Å². The van der Waals surface area contributed by atoms with E-state index in [9.17, 15) is 4.79 Å². The number of anilines is 1. The molecular formula is C20H24ClN3O. The second-order valence-corrected chi connectivity index (χ2v) is 6.90. The first-order valence-corrected chi connectivity index (χ1v) is 9.30. The van der Waals surface area contributed by atoms with Crippen LogP contribution in [0.2, 0.25) is 5.02 Å². The number of hydrogen-bond donors (Lipinski definition) is 1. The molecule has 0 spiro atoms. The molecule has 1 atom stereocenters. The lowest BCUT2D eigenvalue weighted by Crippen LogP contribution is -2.43. The number of amides is 1. The predicted molar refractivity (Wildman–Crippen MR) is 102 cm³/mol. The molecular weight excluding hydrogens is 334 g/mol. The maximum atomic E-state index is 12.7. The molecule has 5 heteroatoms. The summed E-state index contributed by atoms with van der Waals surface area (Å²) in [6.07, 6.45) is 6.13. The molecule has 1 aromatic heterocycles. The van der Waals surface area contributed by atoms with Crippen molar-refractivity contribution in [3.05, 3.63) is 58.9 Å². The van der Waals surface area contributed by atoms with Gasteiger partial charge < -0.3 is 10.2 Å². The van der Waals surface area contributed by atoms with Gasteiger partial charge in [0.15, 0.2) is 0 Å². The standard InChI is InChI=1S/C20H24ClN3O/c1-2-18-5-3-4-12-24(18)20(25)19-11-10-17(14-23-19)22-13-15-6-8-16(21)9-7-15/h6-11,14,18,22H,2-5,12-13H2,1H3. The summed E-state index contributed by atoms with van der Waals surface area (Å²) in [5.74, 6) is 0.0517. The third-order valence-electron chi connectivity index (χ3n) is 4.75. The average molecular weight is 358 g/mol. The molecule has 1 fully saturated rings. The number of carbonyl (C=O) groups excluding carboxylic acids is 1. The highest BCUT2D eigenvalue weighted by Gasteiger charge is 2.26. The van der Waals surface area contributed by atoms with Crippen molar-refractivity contribution >= 4 is 23.2 Å². The monoisotopic (exact) mass is 357 g/mol. The van der Waals surface area contributed by atoms with E-state index in [-0.39, 0.29) is 5.91 Å². The number of halogens is 1. The molecule has 1 saturated heterocycles. The van der Waals surface area contributed by atoms with Gasteiger partial charge in [0.05, 0.1) is 11.9 Å². The fourth-order valence-corrected chi connectivity index (χ4v) is 3.40. The summed E-state index contributed by atoms with van der Waals surface area (Å²) in [6, 6.07) is 11.8. The summed E-state index contributed by atoms with van der Waals surface area (Å²) in [4.78, 5) is 19.1. The van der Waals surface area contributed by atoms with Crippen LogP contribution in [0.3, 0.4) is 0 Å². The highest BCUT2D eigenvalue weighted by atomic mass is 35.5. The highest BCUT2D eigenvalue weighted by molar-refractivity contribution is 6.30. The van der Waals surface area contributed by atoms with Crippen LogP contribution in [-0.2, 0) is 6.54 Å². The van der Waals surface area contributed by atoms with Crippen molar-refractivity contribution in [3.63, 3.8) is 0 Å². The topological polar surface area (TPSA) is 45.2 Å². The highest BCUT2D eigenvalue weighted by Crippen LogP contribution is 2.21. The second kappa shape index (κ2) is 8.34. The van der Waals surface area contributed by atoms with Gasteiger partial charge in [-0.2, -0.15) is 0 Å². The molecule has 0 aliphatic carbocycles. The number of carbonyl (C=O) groups is 1. The van der Waals surface area contributed by atoms with Gasteiger partial charge in [-0.05, 0) is 55.5 Å². The predicted octanol–water partition coefficient (Wildman–Crippen LogP) is 4.75. The summed E-state index contributed by atoms with van der Waals surface area (Å²) >= 11 is 5.89. The molecule has 3 rings (SSSR count). The Hall–Kier alpha value is -2.07. The number of rotatable bonds is 5. The van der Waals surface area contributed by atoms with Gasteiger partial charge in [0.1, 0.15) is 5.69 Å². The molecule has 1 aromatic carbocycles. The van der Waals surface area contributed by atoms with E-state index in [4.69, 9.17) is 11.6 Å². The van der Waals surface area contributed by atoms with Crippen LogP contribution >= 0.6 is 11.6 Å². The van der Waals surface area contributed by atoms with Gasteiger partial charge in [-0.3, -0.25) is 4.79 Å².